The van der Waals surface area contributed by atoms with Crippen molar-refractivity contribution in [3.8, 4) is 0 Å². The van der Waals surface area contributed by atoms with Gasteiger partial charge in [0.15, 0.2) is 5.82 Å². The Kier molecular flexibility index (Phi) is 7.32. The molecule has 0 unspecified atom stereocenters. The minimum absolute atomic E-state index is 0.140. The van der Waals surface area contributed by atoms with Crippen LogP contribution in [0.25, 0.3) is 21.9 Å². The van der Waals surface area contributed by atoms with E-state index in [-0.39, 0.29) is 12.1 Å². The van der Waals surface area contributed by atoms with Crippen LogP contribution in [0.1, 0.15) is 43.5 Å². The van der Waals surface area contributed by atoms with Gasteiger partial charge >= 0.3 is 6.03 Å². The molecule has 0 spiro atoms. The van der Waals surface area contributed by atoms with Crippen molar-refractivity contribution in [1.82, 2.24) is 25.2 Å². The van der Waals surface area contributed by atoms with Gasteiger partial charge in [-0.05, 0) is 24.5 Å². The van der Waals surface area contributed by atoms with Crippen LogP contribution in [0.3, 0.4) is 0 Å². The monoisotopic (exact) mass is 486 g/mol. The van der Waals surface area contributed by atoms with Gasteiger partial charge < -0.3 is 25.7 Å². The van der Waals surface area contributed by atoms with Crippen molar-refractivity contribution in [2.75, 3.05) is 25.5 Å². The molecule has 5 rings (SSSR count). The number of benzene rings is 2. The summed E-state index contributed by atoms with van der Waals surface area (Å²) in [7, 11) is 0. The number of aromatic nitrogens is 3. The average molecular weight is 487 g/mol. The van der Waals surface area contributed by atoms with E-state index in [1.807, 2.05) is 36.4 Å². The number of urea groups is 1. The van der Waals surface area contributed by atoms with Crippen LogP contribution in [0.5, 0.6) is 0 Å². The van der Waals surface area contributed by atoms with E-state index in [1.54, 1.807) is 0 Å². The molecule has 0 bridgehead atoms. The third-order valence-corrected chi connectivity index (χ3v) is 6.77. The minimum Gasteiger partial charge on any atom is -0.382 e. The second kappa shape index (κ2) is 11.0. The lowest BCUT2D eigenvalue weighted by molar-refractivity contribution is 0.128. The summed E-state index contributed by atoms with van der Waals surface area (Å²) in [6, 6.07) is 18.4. The summed E-state index contributed by atoms with van der Waals surface area (Å²) in [5.74, 6) is 1.89. The summed E-state index contributed by atoms with van der Waals surface area (Å²) >= 11 is 0. The van der Waals surface area contributed by atoms with Crippen molar-refractivity contribution in [1.29, 1.82) is 0 Å². The number of pyridine rings is 1. The van der Waals surface area contributed by atoms with Gasteiger partial charge in [0, 0.05) is 36.9 Å². The number of aryl methyl sites for hydroxylation is 1. The molecule has 2 amide bonds. The number of nitrogens with one attached hydrogen (secondary N) is 2. The number of nitrogens with zero attached hydrogens (tertiary/aromatic N) is 3. The molecule has 1 aliphatic rings. The Balaban J connectivity index is 1.14. The fourth-order valence-corrected chi connectivity index (χ4v) is 4.81. The van der Waals surface area contributed by atoms with Crippen LogP contribution in [0.4, 0.5) is 10.6 Å². The van der Waals surface area contributed by atoms with Crippen LogP contribution in [-0.2, 0) is 17.7 Å². The van der Waals surface area contributed by atoms with Gasteiger partial charge in [-0.3, -0.25) is 0 Å². The van der Waals surface area contributed by atoms with Crippen LogP contribution in [0.15, 0.2) is 54.6 Å². The van der Waals surface area contributed by atoms with E-state index in [0.29, 0.717) is 38.0 Å². The van der Waals surface area contributed by atoms with E-state index in [9.17, 15) is 4.79 Å². The third kappa shape index (κ3) is 5.28. The number of anilines is 1. The Morgan fingerprint density at radius 3 is 2.75 bits per heavy atom. The smallest absolute Gasteiger partial charge is 0.315 e. The lowest BCUT2D eigenvalue weighted by Gasteiger charge is -2.12. The molecule has 0 saturated heterocycles. The lowest BCUT2D eigenvalue weighted by Crippen LogP contribution is -2.39. The maximum absolute atomic E-state index is 12.2. The van der Waals surface area contributed by atoms with Gasteiger partial charge in [0.05, 0.1) is 24.2 Å². The van der Waals surface area contributed by atoms with Gasteiger partial charge in [-0.15, -0.1) is 0 Å². The van der Waals surface area contributed by atoms with E-state index >= 15 is 0 Å². The van der Waals surface area contributed by atoms with Crippen LogP contribution >= 0.6 is 0 Å². The highest BCUT2D eigenvalue weighted by atomic mass is 16.5. The number of para-hydroxylation sites is 1. The van der Waals surface area contributed by atoms with Crippen molar-refractivity contribution in [3.63, 3.8) is 0 Å². The zero-order chi connectivity index (χ0) is 24.9. The first-order valence-electron chi connectivity index (χ1n) is 12.9. The van der Waals surface area contributed by atoms with Gasteiger partial charge in [-0.1, -0.05) is 61.9 Å². The maximum atomic E-state index is 12.2. The van der Waals surface area contributed by atoms with Crippen LogP contribution < -0.4 is 16.4 Å². The van der Waals surface area contributed by atoms with E-state index in [2.05, 4.69) is 45.3 Å². The highest BCUT2D eigenvalue weighted by Gasteiger charge is 2.39. The molecule has 188 valence electrons. The molecular formula is C28H34N6O2. The van der Waals surface area contributed by atoms with E-state index in [4.69, 9.17) is 15.5 Å². The first-order chi connectivity index (χ1) is 17.7. The number of carbonyl (C=O) groups is 1. The number of imidazole rings is 1. The van der Waals surface area contributed by atoms with Gasteiger partial charge in [-0.2, -0.15) is 0 Å². The van der Waals surface area contributed by atoms with Crippen molar-refractivity contribution in [3.05, 3.63) is 66.0 Å². The number of fused-ring (bicyclic) bond motifs is 3. The zero-order valence-electron chi connectivity index (χ0n) is 20.7. The summed E-state index contributed by atoms with van der Waals surface area (Å²) < 4.78 is 8.11. The molecule has 1 saturated carbocycles. The highest BCUT2D eigenvalue weighted by Crippen LogP contribution is 2.40. The molecule has 0 radical (unpaired) electrons. The second-order valence-corrected chi connectivity index (χ2v) is 9.37. The number of carbonyl (C=O) groups excluding carboxylic acids is 1. The summed E-state index contributed by atoms with van der Waals surface area (Å²) in [6.07, 6.45) is 4.02. The SMILES string of the molecule is CCCCc1nc2c(N)nc3ccccc3c2n1CCOCCNC(=O)N[C@H]1C[C@@H]1c1ccccc1. The number of ether oxygens (including phenoxy) is 1. The molecule has 2 aromatic carbocycles. The molecule has 4 N–H and O–H groups in total. The summed E-state index contributed by atoms with van der Waals surface area (Å²) in [5, 5.41) is 7.00. The first-order valence-corrected chi connectivity index (χ1v) is 12.9. The Labute approximate surface area is 211 Å². The molecule has 4 aromatic rings. The molecule has 8 nitrogen and oxygen atoms in total. The van der Waals surface area contributed by atoms with E-state index < -0.39 is 0 Å². The molecule has 2 aromatic heterocycles. The largest absolute Gasteiger partial charge is 0.382 e. The van der Waals surface area contributed by atoms with Crippen LogP contribution in [-0.4, -0.2) is 46.4 Å². The normalized spacial score (nSPS) is 16.9. The molecule has 1 fully saturated rings. The Morgan fingerprint density at radius 2 is 1.92 bits per heavy atom. The van der Waals surface area contributed by atoms with Crippen molar-refractivity contribution < 1.29 is 9.53 Å². The predicted molar refractivity (Wildman–Crippen MR) is 143 cm³/mol. The van der Waals surface area contributed by atoms with Crippen LogP contribution in [0.2, 0.25) is 0 Å². The Hall–Kier alpha value is -3.65. The molecule has 1 aliphatic carbocycles. The number of hydrogen-bond donors (Lipinski definition) is 3. The Morgan fingerprint density at radius 1 is 1.11 bits per heavy atom. The quantitative estimate of drug-likeness (QED) is 0.273. The standard InChI is InChI=1S/C28H34N6O2/c1-2-3-13-24-33-25-26(20-11-7-8-12-22(20)31-27(25)29)34(24)15-17-36-16-14-30-28(35)32-23-18-21(23)19-9-5-4-6-10-19/h4-12,21,23H,2-3,13-18H2,1H3,(H2,29,31)(H2,30,32,35)/t21-,23+/m1/s1. The van der Waals surface area contributed by atoms with Gasteiger partial charge in [0.1, 0.15) is 11.3 Å². The van der Waals surface area contributed by atoms with Gasteiger partial charge in [-0.25, -0.2) is 14.8 Å². The Bertz CT molecular complexity index is 1340. The summed E-state index contributed by atoms with van der Waals surface area (Å²) in [4.78, 5) is 21.6. The average Bonchev–Trinajstić information content (AvgIpc) is 3.56. The van der Waals surface area contributed by atoms with Crippen molar-refractivity contribution in [2.45, 2.75) is 51.1 Å². The number of amides is 2. The summed E-state index contributed by atoms with van der Waals surface area (Å²) in [5.41, 5.74) is 10.2. The maximum Gasteiger partial charge on any atom is 0.315 e. The fourth-order valence-electron chi connectivity index (χ4n) is 4.81. The zero-order valence-corrected chi connectivity index (χ0v) is 20.7. The van der Waals surface area contributed by atoms with E-state index in [0.717, 1.165) is 53.4 Å². The summed E-state index contributed by atoms with van der Waals surface area (Å²) in [6.45, 7) is 4.26. The molecule has 0 aliphatic heterocycles. The lowest BCUT2D eigenvalue weighted by atomic mass is 10.1. The number of rotatable bonds is 11. The number of nitrogens with two attached hydrogens (primary N) is 1. The first kappa shape index (κ1) is 24.1. The number of nitrogen functional groups attached to an aromatic ring is 1. The number of hydrogen-bond acceptors (Lipinski definition) is 5. The highest BCUT2D eigenvalue weighted by molar-refractivity contribution is 6.06. The third-order valence-electron chi connectivity index (χ3n) is 6.77. The molecule has 2 heterocycles. The van der Waals surface area contributed by atoms with Crippen LogP contribution in [0, 0.1) is 0 Å². The van der Waals surface area contributed by atoms with E-state index in [1.165, 1.54) is 5.56 Å². The van der Waals surface area contributed by atoms with Crippen molar-refractivity contribution in [2.24, 2.45) is 0 Å². The number of unbranched alkanes of at least 4 members (excludes halogenated alkanes) is 1. The minimum atomic E-state index is -0.140. The fraction of sp³-hybridized carbons (Fsp3) is 0.393. The topological polar surface area (TPSA) is 107 Å². The molecular weight excluding hydrogens is 452 g/mol. The van der Waals surface area contributed by atoms with Gasteiger partial charge in [0.25, 0.3) is 0 Å². The van der Waals surface area contributed by atoms with Crippen molar-refractivity contribution >= 4 is 33.8 Å². The molecule has 8 heteroatoms. The molecule has 2 atom stereocenters. The predicted octanol–water partition coefficient (Wildman–Crippen LogP) is 4.38. The van der Waals surface area contributed by atoms with Gasteiger partial charge in [0.2, 0.25) is 0 Å². The molecule has 36 heavy (non-hydrogen) atoms. The second-order valence-electron chi connectivity index (χ2n) is 9.37.